The van der Waals surface area contributed by atoms with Gasteiger partial charge in [0.1, 0.15) is 0 Å². The lowest BCUT2D eigenvalue weighted by atomic mass is 10.1. The Morgan fingerprint density at radius 1 is 1.12 bits per heavy atom. The van der Waals surface area contributed by atoms with Crippen molar-refractivity contribution in [3.05, 3.63) is 76.1 Å². The van der Waals surface area contributed by atoms with Crippen molar-refractivity contribution < 1.29 is 22.7 Å². The van der Waals surface area contributed by atoms with Gasteiger partial charge < -0.3 is 9.52 Å². The topological polar surface area (TPSA) is 59.2 Å². The number of aliphatic hydroxyl groups is 1. The molecule has 1 N–H and O–H groups in total. The molecule has 0 spiro atoms. The van der Waals surface area contributed by atoms with Crippen LogP contribution in [-0.2, 0) is 11.9 Å². The van der Waals surface area contributed by atoms with Crippen LogP contribution >= 0.6 is 23.4 Å². The molecular weight excluding hydrogens is 389 g/mol. The van der Waals surface area contributed by atoms with E-state index in [1.165, 1.54) is 6.07 Å². The van der Waals surface area contributed by atoms with E-state index in [-0.39, 0.29) is 16.9 Å². The van der Waals surface area contributed by atoms with Crippen LogP contribution in [0, 0.1) is 0 Å². The maximum absolute atomic E-state index is 12.7. The van der Waals surface area contributed by atoms with E-state index in [1.807, 2.05) is 0 Å². The molecule has 0 fully saturated rings. The zero-order valence-electron chi connectivity index (χ0n) is 13.1. The Morgan fingerprint density at radius 2 is 1.85 bits per heavy atom. The average molecular weight is 401 g/mol. The lowest BCUT2D eigenvalue weighted by Crippen LogP contribution is -2.04. The number of thioether (sulfide) groups is 1. The fourth-order valence-corrected chi connectivity index (χ4v) is 3.00. The number of benzene rings is 2. The molecule has 0 amide bonds. The highest BCUT2D eigenvalue weighted by Gasteiger charge is 2.30. The number of hydrogen-bond donors (Lipinski definition) is 1. The first kappa shape index (κ1) is 18.8. The van der Waals surface area contributed by atoms with Gasteiger partial charge in [-0.2, -0.15) is 13.2 Å². The van der Waals surface area contributed by atoms with Gasteiger partial charge in [-0.05, 0) is 29.3 Å². The minimum Gasteiger partial charge on any atom is -0.413 e. The van der Waals surface area contributed by atoms with Crippen LogP contribution in [0.2, 0.25) is 5.02 Å². The molecule has 0 saturated carbocycles. The number of alkyl halides is 3. The number of nitrogens with zero attached hydrogens (tertiary/aromatic N) is 2. The lowest BCUT2D eigenvalue weighted by molar-refractivity contribution is -0.137. The smallest absolute Gasteiger partial charge is 0.413 e. The predicted molar refractivity (Wildman–Crippen MR) is 90.8 cm³/mol. The summed E-state index contributed by atoms with van der Waals surface area (Å²) in [6.07, 6.45) is -5.50. The van der Waals surface area contributed by atoms with Crippen LogP contribution in [0.4, 0.5) is 13.2 Å². The molecule has 9 heteroatoms. The highest BCUT2D eigenvalue weighted by molar-refractivity contribution is 7.98. The molecule has 0 saturated heterocycles. The van der Waals surface area contributed by atoms with Crippen LogP contribution in [0.15, 0.2) is 58.2 Å². The molecule has 0 aliphatic carbocycles. The van der Waals surface area contributed by atoms with Gasteiger partial charge in [-0.15, -0.1) is 10.2 Å². The summed E-state index contributed by atoms with van der Waals surface area (Å²) in [5.41, 5.74) is 0.301. The molecule has 0 aliphatic rings. The maximum Gasteiger partial charge on any atom is 0.416 e. The molecule has 0 unspecified atom stereocenters. The fraction of sp³-hybridized carbons (Fsp3) is 0.176. The predicted octanol–water partition coefficient (Wildman–Crippen LogP) is 5.12. The van der Waals surface area contributed by atoms with E-state index in [4.69, 9.17) is 16.0 Å². The molecule has 3 aromatic rings. The summed E-state index contributed by atoms with van der Waals surface area (Å²) in [5, 5.41) is 18.5. The third kappa shape index (κ3) is 4.57. The first-order chi connectivity index (χ1) is 12.3. The van der Waals surface area contributed by atoms with E-state index in [2.05, 4.69) is 10.2 Å². The highest BCUT2D eigenvalue weighted by atomic mass is 35.5. The average Bonchev–Trinajstić information content (AvgIpc) is 3.08. The van der Waals surface area contributed by atoms with Gasteiger partial charge in [0.2, 0.25) is 5.89 Å². The number of rotatable bonds is 5. The van der Waals surface area contributed by atoms with Crippen molar-refractivity contribution in [1.82, 2.24) is 10.2 Å². The second-order valence-electron chi connectivity index (χ2n) is 5.35. The van der Waals surface area contributed by atoms with Gasteiger partial charge in [-0.25, -0.2) is 0 Å². The number of halogens is 4. The largest absolute Gasteiger partial charge is 0.416 e. The van der Waals surface area contributed by atoms with Crippen molar-refractivity contribution >= 4 is 23.4 Å². The van der Waals surface area contributed by atoms with Gasteiger partial charge in [0.25, 0.3) is 5.22 Å². The molecule has 2 aromatic carbocycles. The minimum absolute atomic E-state index is 0.00105. The Labute approximate surface area is 156 Å². The van der Waals surface area contributed by atoms with Crippen molar-refractivity contribution in [2.24, 2.45) is 0 Å². The summed E-state index contributed by atoms with van der Waals surface area (Å²) in [4.78, 5) is 0. The Balaban J connectivity index is 1.66. The van der Waals surface area contributed by atoms with Crippen LogP contribution in [0.25, 0.3) is 0 Å². The van der Waals surface area contributed by atoms with Crippen molar-refractivity contribution in [1.29, 1.82) is 0 Å². The van der Waals surface area contributed by atoms with Crippen molar-refractivity contribution in [2.45, 2.75) is 23.3 Å². The molecule has 0 bridgehead atoms. The van der Waals surface area contributed by atoms with E-state index >= 15 is 0 Å². The molecule has 3 rings (SSSR count). The third-order valence-corrected chi connectivity index (χ3v) is 4.60. The Kier molecular flexibility index (Phi) is 5.55. The van der Waals surface area contributed by atoms with E-state index < -0.39 is 17.8 Å². The zero-order chi connectivity index (χ0) is 18.7. The molecule has 0 aliphatic heterocycles. The first-order valence-corrected chi connectivity index (χ1v) is 8.75. The summed E-state index contributed by atoms with van der Waals surface area (Å²) in [6, 6.07) is 11.5. The molecule has 136 valence electrons. The van der Waals surface area contributed by atoms with Crippen LogP contribution in [0.1, 0.15) is 28.7 Å². The van der Waals surface area contributed by atoms with Gasteiger partial charge >= 0.3 is 6.18 Å². The zero-order valence-corrected chi connectivity index (χ0v) is 14.6. The summed E-state index contributed by atoms with van der Waals surface area (Å²) in [6.45, 7) is 0. The van der Waals surface area contributed by atoms with Gasteiger partial charge in [-0.3, -0.25) is 0 Å². The number of aromatic nitrogens is 2. The molecule has 1 atom stereocenters. The van der Waals surface area contributed by atoms with Crippen molar-refractivity contribution in [2.75, 3.05) is 0 Å². The van der Waals surface area contributed by atoms with Crippen molar-refractivity contribution in [3.63, 3.8) is 0 Å². The molecule has 4 nitrogen and oxygen atoms in total. The quantitative estimate of drug-likeness (QED) is 0.603. The second-order valence-corrected chi connectivity index (χ2v) is 6.71. The van der Waals surface area contributed by atoms with E-state index in [1.54, 1.807) is 30.3 Å². The third-order valence-electron chi connectivity index (χ3n) is 3.46. The first-order valence-electron chi connectivity index (χ1n) is 7.39. The van der Waals surface area contributed by atoms with Gasteiger partial charge in [0.05, 0.1) is 5.56 Å². The highest BCUT2D eigenvalue weighted by Crippen LogP contribution is 2.31. The van der Waals surface area contributed by atoms with Crippen LogP contribution in [0.5, 0.6) is 0 Å². The van der Waals surface area contributed by atoms with Crippen LogP contribution in [-0.4, -0.2) is 15.3 Å². The molecule has 0 radical (unpaired) electrons. The summed E-state index contributed by atoms with van der Waals surface area (Å²) < 4.78 is 43.6. The van der Waals surface area contributed by atoms with Gasteiger partial charge in [0.15, 0.2) is 6.10 Å². The van der Waals surface area contributed by atoms with E-state index in [9.17, 15) is 18.3 Å². The number of hydrogen-bond acceptors (Lipinski definition) is 5. The monoisotopic (exact) mass is 400 g/mol. The summed E-state index contributed by atoms with van der Waals surface area (Å²) in [5.74, 6) is 0.224. The van der Waals surface area contributed by atoms with Crippen molar-refractivity contribution in [3.8, 4) is 0 Å². The molecule has 26 heavy (non-hydrogen) atoms. The molecule has 1 aromatic heterocycles. The number of aliphatic hydroxyl groups excluding tert-OH is 1. The summed E-state index contributed by atoms with van der Waals surface area (Å²) >= 11 is 6.89. The SMILES string of the molecule is O[C@@H](c1ccc(Cl)cc1)c1nnc(SCc2cccc(C(F)(F)F)c2)o1. The van der Waals surface area contributed by atoms with E-state index in [0.29, 0.717) is 16.1 Å². The Hall–Kier alpha value is -2.03. The normalized spacial score (nSPS) is 13.0. The minimum atomic E-state index is -4.39. The fourth-order valence-electron chi connectivity index (χ4n) is 2.16. The van der Waals surface area contributed by atoms with Gasteiger partial charge in [0, 0.05) is 10.8 Å². The van der Waals surface area contributed by atoms with E-state index in [0.717, 1.165) is 23.9 Å². The second kappa shape index (κ2) is 7.69. The maximum atomic E-state index is 12.7. The Bertz CT molecular complexity index is 884. The molecular formula is C17H12ClF3N2O2S. The standard InChI is InChI=1S/C17H12ClF3N2O2S/c18-13-6-4-11(5-7-13)14(24)15-22-23-16(25-15)26-9-10-2-1-3-12(8-10)17(19,20)21/h1-8,14,24H,9H2/t14-/m0/s1. The molecule has 1 heterocycles. The van der Waals surface area contributed by atoms with Gasteiger partial charge in [-0.1, -0.05) is 53.7 Å². The van der Waals surface area contributed by atoms with Crippen LogP contribution < -0.4 is 0 Å². The summed E-state index contributed by atoms with van der Waals surface area (Å²) in [7, 11) is 0. The lowest BCUT2D eigenvalue weighted by Gasteiger charge is -2.08. The Morgan fingerprint density at radius 3 is 2.54 bits per heavy atom. The van der Waals surface area contributed by atoms with Crippen LogP contribution in [0.3, 0.4) is 0 Å².